The van der Waals surface area contributed by atoms with Crippen LogP contribution in [0.1, 0.15) is 13.3 Å². The fraction of sp³-hybridized carbons (Fsp3) is 0.600. The molecule has 2 nitrogen and oxygen atoms in total. The molecule has 1 aliphatic rings. The van der Waals surface area contributed by atoms with Gasteiger partial charge in [0.05, 0.1) is 13.2 Å². The molecule has 1 aliphatic heterocycles. The van der Waals surface area contributed by atoms with Crippen LogP contribution in [0.15, 0.2) is 35.2 Å². The van der Waals surface area contributed by atoms with Gasteiger partial charge in [0.25, 0.3) is 0 Å². The van der Waals surface area contributed by atoms with Crippen LogP contribution in [-0.4, -0.2) is 43.5 Å². The first-order valence-corrected chi connectivity index (χ1v) is 7.81. The molecule has 0 saturated carbocycles. The number of benzene rings is 1. The van der Waals surface area contributed by atoms with Crippen molar-refractivity contribution in [3.63, 3.8) is 0 Å². The molecular formula is C15H23NOS. The van der Waals surface area contributed by atoms with Gasteiger partial charge in [-0.15, -0.1) is 11.8 Å². The molecule has 1 aromatic rings. The van der Waals surface area contributed by atoms with Crippen molar-refractivity contribution in [1.82, 2.24) is 4.90 Å². The minimum atomic E-state index is 0.776. The van der Waals surface area contributed by atoms with Crippen LogP contribution < -0.4 is 0 Å². The summed E-state index contributed by atoms with van der Waals surface area (Å²) in [6, 6.07) is 10.7. The first-order valence-electron chi connectivity index (χ1n) is 6.82. The third-order valence-corrected chi connectivity index (χ3v) is 4.66. The Morgan fingerprint density at radius 3 is 2.67 bits per heavy atom. The van der Waals surface area contributed by atoms with Gasteiger partial charge in [0, 0.05) is 23.7 Å². The first-order chi connectivity index (χ1) is 8.84. The quantitative estimate of drug-likeness (QED) is 0.733. The van der Waals surface area contributed by atoms with Crippen LogP contribution in [0, 0.1) is 5.92 Å². The van der Waals surface area contributed by atoms with Crippen molar-refractivity contribution in [3.05, 3.63) is 30.3 Å². The Hall–Kier alpha value is -0.510. The Morgan fingerprint density at radius 1 is 1.22 bits per heavy atom. The van der Waals surface area contributed by atoms with E-state index in [4.69, 9.17) is 4.74 Å². The molecule has 0 spiro atoms. The van der Waals surface area contributed by atoms with Gasteiger partial charge in [-0.25, -0.2) is 0 Å². The topological polar surface area (TPSA) is 12.5 Å². The second-order valence-electron chi connectivity index (χ2n) is 4.97. The summed E-state index contributed by atoms with van der Waals surface area (Å²) in [6.45, 7) is 7.62. The summed E-state index contributed by atoms with van der Waals surface area (Å²) >= 11 is 1.97. The van der Waals surface area contributed by atoms with Gasteiger partial charge in [-0.2, -0.15) is 0 Å². The highest BCUT2D eigenvalue weighted by Crippen LogP contribution is 2.21. The fourth-order valence-electron chi connectivity index (χ4n) is 2.07. The normalized spacial score (nSPS) is 18.7. The molecule has 2 rings (SSSR count). The highest BCUT2D eigenvalue weighted by Gasteiger charge is 2.11. The summed E-state index contributed by atoms with van der Waals surface area (Å²) in [7, 11) is 0. The monoisotopic (exact) mass is 265 g/mol. The lowest BCUT2D eigenvalue weighted by molar-refractivity contribution is 0.0360. The molecule has 100 valence electrons. The minimum Gasteiger partial charge on any atom is -0.379 e. The molecule has 1 saturated heterocycles. The van der Waals surface area contributed by atoms with Crippen LogP contribution in [0.5, 0.6) is 0 Å². The highest BCUT2D eigenvalue weighted by molar-refractivity contribution is 7.99. The summed E-state index contributed by atoms with van der Waals surface area (Å²) in [5.41, 5.74) is 0. The number of nitrogens with zero attached hydrogens (tertiary/aromatic N) is 1. The SMILES string of the molecule is CC(CCN1CCOCC1)CSc1ccccc1. The fourth-order valence-corrected chi connectivity index (χ4v) is 3.06. The molecule has 1 unspecified atom stereocenters. The Morgan fingerprint density at radius 2 is 1.94 bits per heavy atom. The van der Waals surface area contributed by atoms with Crippen molar-refractivity contribution in [2.45, 2.75) is 18.2 Å². The average molecular weight is 265 g/mol. The standard InChI is InChI=1S/C15H23NOS/c1-14(7-8-16-9-11-17-12-10-16)13-18-15-5-3-2-4-6-15/h2-6,14H,7-13H2,1H3. The van der Waals surface area contributed by atoms with Crippen molar-refractivity contribution in [2.75, 3.05) is 38.6 Å². The van der Waals surface area contributed by atoms with Gasteiger partial charge < -0.3 is 4.74 Å². The van der Waals surface area contributed by atoms with E-state index in [-0.39, 0.29) is 0 Å². The lowest BCUT2D eigenvalue weighted by Gasteiger charge is -2.27. The zero-order chi connectivity index (χ0) is 12.6. The van der Waals surface area contributed by atoms with Gasteiger partial charge in [-0.05, 0) is 31.0 Å². The number of hydrogen-bond acceptors (Lipinski definition) is 3. The maximum absolute atomic E-state index is 5.37. The number of ether oxygens (including phenoxy) is 1. The van der Waals surface area contributed by atoms with Crippen molar-refractivity contribution < 1.29 is 4.74 Å². The van der Waals surface area contributed by atoms with E-state index in [1.165, 1.54) is 23.6 Å². The van der Waals surface area contributed by atoms with E-state index in [0.717, 1.165) is 32.2 Å². The average Bonchev–Trinajstić information content (AvgIpc) is 2.45. The maximum atomic E-state index is 5.37. The van der Waals surface area contributed by atoms with Gasteiger partial charge in [0.15, 0.2) is 0 Å². The highest BCUT2D eigenvalue weighted by atomic mass is 32.2. The summed E-state index contributed by atoms with van der Waals surface area (Å²) < 4.78 is 5.37. The Bertz CT molecular complexity index is 325. The summed E-state index contributed by atoms with van der Waals surface area (Å²) in [5.74, 6) is 1.99. The minimum absolute atomic E-state index is 0.776. The van der Waals surface area contributed by atoms with Crippen LogP contribution in [0.4, 0.5) is 0 Å². The van der Waals surface area contributed by atoms with Crippen LogP contribution in [0.25, 0.3) is 0 Å². The zero-order valence-electron chi connectivity index (χ0n) is 11.2. The third kappa shape index (κ3) is 5.01. The Balaban J connectivity index is 1.61. The van der Waals surface area contributed by atoms with Crippen molar-refractivity contribution in [1.29, 1.82) is 0 Å². The predicted molar refractivity (Wildman–Crippen MR) is 78.2 cm³/mol. The largest absolute Gasteiger partial charge is 0.379 e. The summed E-state index contributed by atoms with van der Waals surface area (Å²) in [5, 5.41) is 0. The zero-order valence-corrected chi connectivity index (χ0v) is 12.0. The second-order valence-corrected chi connectivity index (χ2v) is 6.07. The third-order valence-electron chi connectivity index (χ3n) is 3.32. The van der Waals surface area contributed by atoms with E-state index in [0.29, 0.717) is 0 Å². The van der Waals surface area contributed by atoms with Gasteiger partial charge in [-0.1, -0.05) is 25.1 Å². The molecule has 3 heteroatoms. The second kappa shape index (κ2) is 7.82. The molecule has 1 fully saturated rings. The van der Waals surface area contributed by atoms with Gasteiger partial charge in [0.1, 0.15) is 0 Å². The molecule has 18 heavy (non-hydrogen) atoms. The van der Waals surface area contributed by atoms with Crippen molar-refractivity contribution in [3.8, 4) is 0 Å². The smallest absolute Gasteiger partial charge is 0.0594 e. The van der Waals surface area contributed by atoms with Crippen LogP contribution in [0.3, 0.4) is 0 Å². The predicted octanol–water partition coefficient (Wildman–Crippen LogP) is 3.14. The van der Waals surface area contributed by atoms with Crippen LogP contribution >= 0.6 is 11.8 Å². The van der Waals surface area contributed by atoms with E-state index >= 15 is 0 Å². The first kappa shape index (κ1) is 13.9. The van der Waals surface area contributed by atoms with Crippen LogP contribution in [-0.2, 0) is 4.74 Å². The Kier molecular flexibility index (Phi) is 6.05. The molecule has 1 atom stereocenters. The summed E-state index contributed by atoms with van der Waals surface area (Å²) in [4.78, 5) is 3.91. The van der Waals surface area contributed by atoms with E-state index in [2.05, 4.69) is 42.2 Å². The number of morpholine rings is 1. The van der Waals surface area contributed by atoms with E-state index in [1.807, 2.05) is 11.8 Å². The molecule has 0 aliphatic carbocycles. The molecule has 1 heterocycles. The van der Waals surface area contributed by atoms with Crippen molar-refractivity contribution >= 4 is 11.8 Å². The molecule has 0 radical (unpaired) electrons. The molecular weight excluding hydrogens is 242 g/mol. The summed E-state index contributed by atoms with van der Waals surface area (Å²) in [6.07, 6.45) is 1.29. The number of rotatable bonds is 6. The van der Waals surface area contributed by atoms with Gasteiger partial charge in [0.2, 0.25) is 0 Å². The molecule has 0 amide bonds. The number of hydrogen-bond donors (Lipinski definition) is 0. The van der Waals surface area contributed by atoms with Gasteiger partial charge >= 0.3 is 0 Å². The molecule has 0 N–H and O–H groups in total. The van der Waals surface area contributed by atoms with Crippen LogP contribution in [0.2, 0.25) is 0 Å². The van der Waals surface area contributed by atoms with Crippen molar-refractivity contribution in [2.24, 2.45) is 5.92 Å². The van der Waals surface area contributed by atoms with E-state index < -0.39 is 0 Å². The lowest BCUT2D eigenvalue weighted by Crippen LogP contribution is -2.37. The molecule has 0 bridgehead atoms. The maximum Gasteiger partial charge on any atom is 0.0594 e. The molecule has 1 aromatic carbocycles. The molecule has 0 aromatic heterocycles. The Labute approximate surface area is 115 Å². The van der Waals surface area contributed by atoms with E-state index in [1.54, 1.807) is 0 Å². The number of thioether (sulfide) groups is 1. The lowest BCUT2D eigenvalue weighted by atomic mass is 10.1. The van der Waals surface area contributed by atoms with E-state index in [9.17, 15) is 0 Å². The van der Waals surface area contributed by atoms with Gasteiger partial charge in [-0.3, -0.25) is 4.90 Å².